The molecule has 0 unspecified atom stereocenters. The molecule has 0 bridgehead atoms. The molecular weight excluding hydrogens is 182 g/mol. The van der Waals surface area contributed by atoms with Gasteiger partial charge in [0.2, 0.25) is 0 Å². The second kappa shape index (κ2) is 4.23. The minimum absolute atomic E-state index is 0.272. The number of carbonyl (C=O) groups is 1. The summed E-state index contributed by atoms with van der Waals surface area (Å²) in [6.45, 7) is 4.02. The summed E-state index contributed by atoms with van der Waals surface area (Å²) in [7, 11) is 0. The maximum absolute atomic E-state index is 10.6. The largest absolute Gasteiger partial charge is 0.480 e. The van der Waals surface area contributed by atoms with E-state index in [0.717, 1.165) is 5.69 Å². The highest BCUT2D eigenvalue weighted by Crippen LogP contribution is 2.10. The maximum atomic E-state index is 10.6. The van der Waals surface area contributed by atoms with Crippen LogP contribution in [0.3, 0.4) is 0 Å². The van der Waals surface area contributed by atoms with Gasteiger partial charge in [-0.05, 0) is 13.8 Å². The highest BCUT2D eigenvalue weighted by Gasteiger charge is 2.15. The van der Waals surface area contributed by atoms with E-state index in [4.69, 9.17) is 10.8 Å². The smallest absolute Gasteiger partial charge is 0.320 e. The molecule has 0 radical (unpaired) electrons. The molecule has 5 heteroatoms. The lowest BCUT2D eigenvalue weighted by Gasteiger charge is -2.13. The van der Waals surface area contributed by atoms with Crippen LogP contribution in [-0.2, 0) is 11.2 Å². The molecule has 1 aromatic heterocycles. The predicted octanol–water partition coefficient (Wildman–Crippen LogP) is 0.418. The van der Waals surface area contributed by atoms with Crippen molar-refractivity contribution in [2.45, 2.75) is 32.4 Å². The first-order chi connectivity index (χ1) is 6.52. The van der Waals surface area contributed by atoms with E-state index in [9.17, 15) is 4.79 Å². The second-order valence-electron chi connectivity index (χ2n) is 3.53. The number of aromatic nitrogens is 2. The molecule has 0 fully saturated rings. The number of carboxylic acid groups (broad SMARTS) is 1. The Morgan fingerprint density at radius 1 is 1.71 bits per heavy atom. The summed E-state index contributed by atoms with van der Waals surface area (Å²) in [5.41, 5.74) is 6.29. The summed E-state index contributed by atoms with van der Waals surface area (Å²) in [4.78, 5) is 14.5. The lowest BCUT2D eigenvalue weighted by atomic mass is 10.2. The average Bonchev–Trinajstić information content (AvgIpc) is 2.52. The first-order valence-corrected chi connectivity index (χ1v) is 4.51. The van der Waals surface area contributed by atoms with Crippen LogP contribution < -0.4 is 5.73 Å². The predicted molar refractivity (Wildman–Crippen MR) is 51.9 cm³/mol. The van der Waals surface area contributed by atoms with Gasteiger partial charge in [0.15, 0.2) is 0 Å². The average molecular weight is 197 g/mol. The van der Waals surface area contributed by atoms with Gasteiger partial charge >= 0.3 is 5.97 Å². The Balaban J connectivity index is 2.76. The number of carboxylic acids is 1. The van der Waals surface area contributed by atoms with Crippen molar-refractivity contribution < 1.29 is 9.90 Å². The molecule has 1 aromatic rings. The number of rotatable bonds is 4. The first kappa shape index (κ1) is 10.7. The molecular formula is C9H15N3O2. The van der Waals surface area contributed by atoms with Crippen LogP contribution in [0.1, 0.15) is 25.6 Å². The molecule has 0 spiro atoms. The molecule has 0 aliphatic heterocycles. The van der Waals surface area contributed by atoms with Gasteiger partial charge in [0, 0.05) is 24.4 Å². The fourth-order valence-electron chi connectivity index (χ4n) is 1.27. The van der Waals surface area contributed by atoms with Crippen molar-refractivity contribution in [1.82, 2.24) is 9.55 Å². The van der Waals surface area contributed by atoms with Gasteiger partial charge in [0.1, 0.15) is 6.04 Å². The summed E-state index contributed by atoms with van der Waals surface area (Å²) in [5.74, 6) is -0.985. The molecule has 0 saturated carbocycles. The number of aliphatic carboxylic acids is 1. The Hall–Kier alpha value is -1.36. The van der Waals surface area contributed by atoms with Crippen LogP contribution in [0.25, 0.3) is 0 Å². The Bertz CT molecular complexity index is 320. The third-order valence-corrected chi connectivity index (χ3v) is 2.05. The van der Waals surface area contributed by atoms with Crippen molar-refractivity contribution in [3.8, 4) is 0 Å². The second-order valence-corrected chi connectivity index (χ2v) is 3.53. The summed E-state index contributed by atoms with van der Waals surface area (Å²) in [5, 5.41) is 8.66. The first-order valence-electron chi connectivity index (χ1n) is 4.51. The molecule has 14 heavy (non-hydrogen) atoms. The molecule has 1 atom stereocenters. The van der Waals surface area contributed by atoms with Crippen LogP contribution in [0.15, 0.2) is 12.5 Å². The summed E-state index contributed by atoms with van der Waals surface area (Å²) in [6.07, 6.45) is 3.66. The van der Waals surface area contributed by atoms with E-state index in [1.54, 1.807) is 12.5 Å². The normalized spacial score (nSPS) is 13.1. The highest BCUT2D eigenvalue weighted by molar-refractivity contribution is 5.73. The zero-order chi connectivity index (χ0) is 10.7. The van der Waals surface area contributed by atoms with E-state index in [2.05, 4.69) is 4.98 Å². The molecule has 0 amide bonds. The van der Waals surface area contributed by atoms with Gasteiger partial charge in [-0.2, -0.15) is 0 Å². The van der Waals surface area contributed by atoms with Crippen LogP contribution in [0.5, 0.6) is 0 Å². The standard InChI is InChI=1S/C9H15N3O2/c1-6(2)12-5-11-4-7(12)3-8(10)9(13)14/h4-6,8H,3,10H2,1-2H3,(H,13,14)/t8-/m1/s1. The van der Waals surface area contributed by atoms with E-state index in [1.165, 1.54) is 0 Å². The van der Waals surface area contributed by atoms with Gasteiger partial charge in [0.05, 0.1) is 6.33 Å². The van der Waals surface area contributed by atoms with Gasteiger partial charge in [-0.3, -0.25) is 4.79 Å². The maximum Gasteiger partial charge on any atom is 0.320 e. The van der Waals surface area contributed by atoms with Gasteiger partial charge in [-0.25, -0.2) is 4.98 Å². The van der Waals surface area contributed by atoms with E-state index in [0.29, 0.717) is 6.42 Å². The molecule has 1 rings (SSSR count). The van der Waals surface area contributed by atoms with E-state index >= 15 is 0 Å². The summed E-state index contributed by atoms with van der Waals surface area (Å²) in [6, 6.07) is -0.585. The summed E-state index contributed by atoms with van der Waals surface area (Å²) >= 11 is 0. The Labute approximate surface area is 82.6 Å². The van der Waals surface area contributed by atoms with Crippen molar-refractivity contribution in [1.29, 1.82) is 0 Å². The highest BCUT2D eigenvalue weighted by atomic mass is 16.4. The monoisotopic (exact) mass is 197 g/mol. The molecule has 1 heterocycles. The third-order valence-electron chi connectivity index (χ3n) is 2.05. The van der Waals surface area contributed by atoms with Crippen LogP contribution in [0.4, 0.5) is 0 Å². The van der Waals surface area contributed by atoms with Crippen molar-refractivity contribution in [3.63, 3.8) is 0 Å². The minimum Gasteiger partial charge on any atom is -0.480 e. The van der Waals surface area contributed by atoms with Crippen molar-refractivity contribution in [2.75, 3.05) is 0 Å². The van der Waals surface area contributed by atoms with Crippen molar-refractivity contribution in [3.05, 3.63) is 18.2 Å². The van der Waals surface area contributed by atoms with Gasteiger partial charge in [-0.15, -0.1) is 0 Å². The number of hydrogen-bond acceptors (Lipinski definition) is 3. The number of hydrogen-bond donors (Lipinski definition) is 2. The molecule has 0 saturated heterocycles. The topological polar surface area (TPSA) is 81.1 Å². The van der Waals surface area contributed by atoms with Gasteiger partial charge in [-0.1, -0.05) is 0 Å². The molecule has 0 aliphatic rings. The van der Waals surface area contributed by atoms with Crippen LogP contribution in [0.2, 0.25) is 0 Å². The number of imidazole rings is 1. The summed E-state index contributed by atoms with van der Waals surface area (Å²) < 4.78 is 1.92. The quantitative estimate of drug-likeness (QED) is 0.732. The fourth-order valence-corrected chi connectivity index (χ4v) is 1.27. The lowest BCUT2D eigenvalue weighted by Crippen LogP contribution is -2.33. The van der Waals surface area contributed by atoms with Crippen LogP contribution in [0, 0.1) is 0 Å². The van der Waals surface area contributed by atoms with Crippen LogP contribution >= 0.6 is 0 Å². The molecule has 3 N–H and O–H groups in total. The molecule has 5 nitrogen and oxygen atoms in total. The van der Waals surface area contributed by atoms with Crippen molar-refractivity contribution in [2.24, 2.45) is 5.73 Å². The Morgan fingerprint density at radius 3 is 2.86 bits per heavy atom. The molecule has 0 aliphatic carbocycles. The minimum atomic E-state index is -0.985. The third kappa shape index (κ3) is 2.32. The zero-order valence-electron chi connectivity index (χ0n) is 8.34. The van der Waals surface area contributed by atoms with Gasteiger partial charge < -0.3 is 15.4 Å². The number of nitrogens with two attached hydrogens (primary N) is 1. The van der Waals surface area contributed by atoms with E-state index < -0.39 is 12.0 Å². The SMILES string of the molecule is CC(C)n1cncc1C[C@@H](N)C(=O)O. The van der Waals surface area contributed by atoms with E-state index in [-0.39, 0.29) is 6.04 Å². The zero-order valence-corrected chi connectivity index (χ0v) is 8.34. The number of nitrogens with zero attached hydrogens (tertiary/aromatic N) is 2. The molecule has 0 aromatic carbocycles. The van der Waals surface area contributed by atoms with E-state index in [1.807, 2.05) is 18.4 Å². The Morgan fingerprint density at radius 2 is 2.36 bits per heavy atom. The fraction of sp³-hybridized carbons (Fsp3) is 0.556. The Kier molecular flexibility index (Phi) is 3.24. The lowest BCUT2D eigenvalue weighted by molar-refractivity contribution is -0.138. The molecule has 78 valence electrons. The van der Waals surface area contributed by atoms with Gasteiger partial charge in [0.25, 0.3) is 0 Å². The van der Waals surface area contributed by atoms with Crippen molar-refractivity contribution >= 4 is 5.97 Å². The van der Waals surface area contributed by atoms with Crippen LogP contribution in [-0.4, -0.2) is 26.7 Å².